The van der Waals surface area contributed by atoms with Crippen LogP contribution in [0.2, 0.25) is 0 Å². The van der Waals surface area contributed by atoms with Gasteiger partial charge in [0.2, 0.25) is 0 Å². The molecule has 1 fully saturated rings. The van der Waals surface area contributed by atoms with E-state index in [0.717, 1.165) is 31.6 Å². The van der Waals surface area contributed by atoms with Gasteiger partial charge in [-0.25, -0.2) is 0 Å². The molecular weight excluding hydrogens is 367 g/mol. The molecule has 0 spiro atoms. The Balaban J connectivity index is 2.08. The van der Waals surface area contributed by atoms with E-state index in [2.05, 4.69) is 13.8 Å². The molecule has 0 aromatic heterocycles. The minimum absolute atomic E-state index is 0.589. The van der Waals surface area contributed by atoms with Gasteiger partial charge in [0.05, 0.1) is 19.4 Å². The first kappa shape index (κ1) is 26.2. The molecule has 4 heteroatoms. The zero-order valence-corrected chi connectivity index (χ0v) is 20.0. The van der Waals surface area contributed by atoms with Gasteiger partial charge in [-0.1, -0.05) is 110 Å². The van der Waals surface area contributed by atoms with E-state index in [-0.39, 0.29) is 0 Å². The van der Waals surface area contributed by atoms with Crippen molar-refractivity contribution < 1.29 is 13.6 Å². The predicted molar refractivity (Wildman–Crippen MR) is 122 cm³/mol. The van der Waals surface area contributed by atoms with Crippen LogP contribution in [0.5, 0.6) is 0 Å². The highest BCUT2D eigenvalue weighted by Crippen LogP contribution is 2.49. The minimum Gasteiger partial charge on any atom is -0.309 e. The van der Waals surface area contributed by atoms with Gasteiger partial charge in [0.1, 0.15) is 0 Å². The van der Waals surface area contributed by atoms with E-state index >= 15 is 0 Å². The predicted octanol–water partition coefficient (Wildman–Crippen LogP) is 8.90. The summed E-state index contributed by atoms with van der Waals surface area (Å²) in [5.74, 6) is 0.773. The van der Waals surface area contributed by atoms with E-state index in [1.807, 2.05) is 0 Å². The Kier molecular flexibility index (Phi) is 16.8. The van der Waals surface area contributed by atoms with Gasteiger partial charge >= 0.3 is 7.60 Å². The molecule has 1 atom stereocenters. The number of rotatable bonds is 19. The highest BCUT2D eigenvalue weighted by molar-refractivity contribution is 7.53. The number of unbranched alkanes of at least 4 members (excludes halogenated alkanes) is 10. The Morgan fingerprint density at radius 1 is 0.679 bits per heavy atom. The third-order valence-corrected chi connectivity index (χ3v) is 8.13. The fourth-order valence-electron chi connectivity index (χ4n) is 4.15. The zero-order valence-electron chi connectivity index (χ0n) is 19.1. The highest BCUT2D eigenvalue weighted by atomic mass is 31.2. The molecule has 0 heterocycles. The summed E-state index contributed by atoms with van der Waals surface area (Å²) in [5, 5.41) is 0. The van der Waals surface area contributed by atoms with E-state index in [4.69, 9.17) is 9.05 Å². The molecule has 0 N–H and O–H groups in total. The molecule has 0 radical (unpaired) electrons. The summed E-state index contributed by atoms with van der Waals surface area (Å²) in [6.07, 6.45) is 23.4. The van der Waals surface area contributed by atoms with Gasteiger partial charge in [0.15, 0.2) is 0 Å². The second kappa shape index (κ2) is 18.0. The van der Waals surface area contributed by atoms with Crippen LogP contribution in [0.1, 0.15) is 129 Å². The van der Waals surface area contributed by atoms with Crippen molar-refractivity contribution in [2.24, 2.45) is 5.92 Å². The monoisotopic (exact) mass is 416 g/mol. The molecule has 0 saturated heterocycles. The molecule has 1 unspecified atom stereocenters. The normalized spacial score (nSPS) is 17.6. The molecule has 3 nitrogen and oxygen atoms in total. The fourth-order valence-corrected chi connectivity index (χ4v) is 5.97. The molecule has 0 amide bonds. The SMILES string of the molecule is CCCCCCCCCCCCOP(=O)(CCCC)OCCC1CCCCC1. The van der Waals surface area contributed by atoms with Crippen molar-refractivity contribution in [2.45, 2.75) is 129 Å². The summed E-state index contributed by atoms with van der Waals surface area (Å²) >= 11 is 0. The molecule has 1 aliphatic rings. The molecule has 168 valence electrons. The maximum absolute atomic E-state index is 13.0. The van der Waals surface area contributed by atoms with Crippen molar-refractivity contribution in [3.05, 3.63) is 0 Å². The van der Waals surface area contributed by atoms with Crippen LogP contribution in [0, 0.1) is 5.92 Å². The Labute approximate surface area is 176 Å². The lowest BCUT2D eigenvalue weighted by Gasteiger charge is -2.23. The maximum atomic E-state index is 13.0. The van der Waals surface area contributed by atoms with Crippen LogP contribution in [0.15, 0.2) is 0 Å². The fraction of sp³-hybridized carbons (Fsp3) is 1.00. The second-order valence-corrected chi connectivity index (χ2v) is 11.0. The lowest BCUT2D eigenvalue weighted by Crippen LogP contribution is -2.10. The molecule has 1 rings (SSSR count). The van der Waals surface area contributed by atoms with Crippen LogP contribution in [-0.2, 0) is 13.6 Å². The van der Waals surface area contributed by atoms with Crippen molar-refractivity contribution in [3.63, 3.8) is 0 Å². The molecule has 0 aromatic carbocycles. The second-order valence-electron chi connectivity index (χ2n) is 8.83. The Morgan fingerprint density at radius 3 is 1.82 bits per heavy atom. The first-order valence-corrected chi connectivity index (χ1v) is 14.3. The summed E-state index contributed by atoms with van der Waals surface area (Å²) in [7, 11) is -2.88. The molecule has 0 aromatic rings. The van der Waals surface area contributed by atoms with Crippen LogP contribution in [-0.4, -0.2) is 19.4 Å². The van der Waals surface area contributed by atoms with Crippen LogP contribution < -0.4 is 0 Å². The van der Waals surface area contributed by atoms with Gasteiger partial charge in [0, 0.05) is 0 Å². The van der Waals surface area contributed by atoms with Gasteiger partial charge in [-0.2, -0.15) is 0 Å². The van der Waals surface area contributed by atoms with Crippen LogP contribution in [0.4, 0.5) is 0 Å². The van der Waals surface area contributed by atoms with Crippen molar-refractivity contribution in [1.29, 1.82) is 0 Å². The van der Waals surface area contributed by atoms with E-state index in [0.29, 0.717) is 19.4 Å². The van der Waals surface area contributed by atoms with Crippen molar-refractivity contribution in [2.75, 3.05) is 19.4 Å². The lowest BCUT2D eigenvalue weighted by molar-refractivity contribution is 0.182. The average molecular weight is 417 g/mol. The smallest absolute Gasteiger partial charge is 0.309 e. The lowest BCUT2D eigenvalue weighted by atomic mass is 9.87. The summed E-state index contributed by atoms with van der Waals surface area (Å²) in [5.41, 5.74) is 0. The van der Waals surface area contributed by atoms with Gasteiger partial charge < -0.3 is 9.05 Å². The molecule has 1 aliphatic carbocycles. The van der Waals surface area contributed by atoms with Gasteiger partial charge in [-0.05, 0) is 25.2 Å². The van der Waals surface area contributed by atoms with Gasteiger partial charge in [0.25, 0.3) is 0 Å². The van der Waals surface area contributed by atoms with E-state index in [1.165, 1.54) is 89.9 Å². The average Bonchev–Trinajstić information content (AvgIpc) is 2.71. The summed E-state index contributed by atoms with van der Waals surface area (Å²) in [4.78, 5) is 0. The number of hydrogen-bond acceptors (Lipinski definition) is 3. The largest absolute Gasteiger partial charge is 0.330 e. The highest BCUT2D eigenvalue weighted by Gasteiger charge is 2.24. The molecular formula is C24H49O3P. The van der Waals surface area contributed by atoms with E-state index in [1.54, 1.807) is 0 Å². The zero-order chi connectivity index (χ0) is 20.3. The molecule has 28 heavy (non-hydrogen) atoms. The van der Waals surface area contributed by atoms with Crippen molar-refractivity contribution in [1.82, 2.24) is 0 Å². The molecule has 0 bridgehead atoms. The Bertz CT molecular complexity index is 380. The van der Waals surface area contributed by atoms with E-state index < -0.39 is 7.60 Å². The third-order valence-electron chi connectivity index (χ3n) is 6.11. The molecule has 1 saturated carbocycles. The quantitative estimate of drug-likeness (QED) is 0.156. The van der Waals surface area contributed by atoms with Crippen LogP contribution in [0.25, 0.3) is 0 Å². The van der Waals surface area contributed by atoms with Crippen LogP contribution in [0.3, 0.4) is 0 Å². The molecule has 0 aliphatic heterocycles. The Hall–Kier alpha value is 0.150. The first-order chi connectivity index (χ1) is 13.7. The van der Waals surface area contributed by atoms with Gasteiger partial charge in [-0.15, -0.1) is 0 Å². The Morgan fingerprint density at radius 2 is 1.21 bits per heavy atom. The van der Waals surface area contributed by atoms with Crippen molar-refractivity contribution >= 4 is 7.60 Å². The number of hydrogen-bond donors (Lipinski definition) is 0. The summed E-state index contributed by atoms with van der Waals surface area (Å²) in [6, 6.07) is 0. The van der Waals surface area contributed by atoms with E-state index in [9.17, 15) is 4.57 Å². The van der Waals surface area contributed by atoms with Gasteiger partial charge in [-0.3, -0.25) is 4.57 Å². The first-order valence-electron chi connectivity index (χ1n) is 12.6. The minimum atomic E-state index is -2.88. The van der Waals surface area contributed by atoms with Crippen LogP contribution >= 0.6 is 7.60 Å². The maximum Gasteiger partial charge on any atom is 0.330 e. The van der Waals surface area contributed by atoms with Crippen molar-refractivity contribution in [3.8, 4) is 0 Å². The summed E-state index contributed by atoms with van der Waals surface area (Å²) in [6.45, 7) is 5.62. The topological polar surface area (TPSA) is 35.5 Å². The summed E-state index contributed by atoms with van der Waals surface area (Å²) < 4.78 is 24.7. The third kappa shape index (κ3) is 14.2. The standard InChI is InChI=1S/C24H49O3P/c1-3-5-7-8-9-10-11-12-13-17-21-26-28(25,23-6-4-2)27-22-20-24-18-15-14-16-19-24/h24H,3-23H2,1-2H3.